The highest BCUT2D eigenvalue weighted by Crippen LogP contribution is 2.28. The summed E-state index contributed by atoms with van der Waals surface area (Å²) in [6.45, 7) is 5.45. The van der Waals surface area contributed by atoms with Crippen LogP contribution in [-0.4, -0.2) is 23.4 Å². The molecule has 0 aliphatic carbocycles. The second-order valence-electron chi connectivity index (χ2n) is 6.83. The number of benzene rings is 2. The predicted octanol–water partition coefficient (Wildman–Crippen LogP) is 5.21. The summed E-state index contributed by atoms with van der Waals surface area (Å²) in [5, 5.41) is 0. The van der Waals surface area contributed by atoms with E-state index in [4.69, 9.17) is 4.74 Å². The molecule has 4 heteroatoms. The average molecular weight is 350 g/mol. The highest BCUT2D eigenvalue weighted by Gasteiger charge is 2.28. The first-order valence-electron chi connectivity index (χ1n) is 9.26. The molecule has 1 amide bonds. The van der Waals surface area contributed by atoms with Crippen LogP contribution in [-0.2, 0) is 11.3 Å². The van der Waals surface area contributed by atoms with Gasteiger partial charge in [0.05, 0.1) is 6.04 Å². The zero-order valence-electron chi connectivity index (χ0n) is 15.5. The molecule has 1 aliphatic rings. The minimum absolute atomic E-state index is 0.180. The fraction of sp³-hybridized carbons (Fsp3) is 0.364. The molecule has 0 N–H and O–H groups in total. The van der Waals surface area contributed by atoms with Crippen LogP contribution in [0.1, 0.15) is 43.9 Å². The third kappa shape index (κ3) is 4.51. The van der Waals surface area contributed by atoms with E-state index in [-0.39, 0.29) is 18.6 Å². The number of amides is 1. The van der Waals surface area contributed by atoms with Gasteiger partial charge in [-0.25, -0.2) is 4.79 Å². The van der Waals surface area contributed by atoms with E-state index in [0.29, 0.717) is 0 Å². The number of aliphatic imine (C=N–C) groups is 1. The molecule has 0 spiro atoms. The van der Waals surface area contributed by atoms with Crippen molar-refractivity contribution in [1.82, 2.24) is 4.90 Å². The van der Waals surface area contributed by atoms with Crippen LogP contribution in [0.2, 0.25) is 0 Å². The molecule has 2 aromatic rings. The molecule has 2 atom stereocenters. The number of likely N-dealkylation sites (tertiary alicyclic amines) is 1. The third-order valence-electron chi connectivity index (χ3n) is 4.93. The molecule has 26 heavy (non-hydrogen) atoms. The number of carbonyl (C=O) groups excluding carboxylic acids is 1. The molecule has 4 nitrogen and oxygen atoms in total. The quantitative estimate of drug-likeness (QED) is 0.759. The van der Waals surface area contributed by atoms with Gasteiger partial charge in [0.25, 0.3) is 0 Å². The first-order chi connectivity index (χ1) is 12.6. The van der Waals surface area contributed by atoms with Crippen LogP contribution >= 0.6 is 0 Å². The Labute approximate surface area is 155 Å². The maximum atomic E-state index is 12.3. The van der Waals surface area contributed by atoms with Crippen molar-refractivity contribution in [3.05, 3.63) is 71.8 Å². The lowest BCUT2D eigenvalue weighted by Gasteiger charge is -2.38. The fourth-order valence-corrected chi connectivity index (χ4v) is 3.42. The summed E-state index contributed by atoms with van der Waals surface area (Å²) in [4.78, 5) is 18.9. The summed E-state index contributed by atoms with van der Waals surface area (Å²) in [6.07, 6.45) is 1.64. The van der Waals surface area contributed by atoms with Crippen LogP contribution in [0, 0.1) is 5.92 Å². The van der Waals surface area contributed by atoms with E-state index in [1.807, 2.05) is 48.5 Å². The molecule has 0 aromatic heterocycles. The molecule has 0 bridgehead atoms. The van der Waals surface area contributed by atoms with Crippen molar-refractivity contribution >= 4 is 11.9 Å². The summed E-state index contributed by atoms with van der Waals surface area (Å²) in [5.41, 5.74) is 2.19. The van der Waals surface area contributed by atoms with Crippen LogP contribution in [0.3, 0.4) is 0 Å². The van der Waals surface area contributed by atoms with E-state index in [2.05, 4.69) is 35.9 Å². The van der Waals surface area contributed by atoms with Crippen molar-refractivity contribution in [1.29, 1.82) is 0 Å². The lowest BCUT2D eigenvalue weighted by atomic mass is 9.95. The lowest BCUT2D eigenvalue weighted by molar-refractivity contribution is 0.149. The molecule has 0 saturated carbocycles. The fourth-order valence-electron chi connectivity index (χ4n) is 3.42. The number of hydrogen-bond donors (Lipinski definition) is 0. The van der Waals surface area contributed by atoms with Crippen LogP contribution < -0.4 is 0 Å². The van der Waals surface area contributed by atoms with E-state index in [0.717, 1.165) is 30.8 Å². The lowest BCUT2D eigenvalue weighted by Crippen LogP contribution is -2.42. The molecule has 1 aliphatic heterocycles. The molecule has 0 radical (unpaired) electrons. The monoisotopic (exact) mass is 350 g/mol. The second kappa shape index (κ2) is 8.65. The number of amidine groups is 1. The first kappa shape index (κ1) is 18.2. The summed E-state index contributed by atoms with van der Waals surface area (Å²) < 4.78 is 5.36. The van der Waals surface area contributed by atoms with E-state index < -0.39 is 6.09 Å². The number of hydrogen-bond acceptors (Lipinski definition) is 2. The Morgan fingerprint density at radius 3 is 2.50 bits per heavy atom. The Morgan fingerprint density at radius 1 is 1.15 bits per heavy atom. The maximum Gasteiger partial charge on any atom is 0.435 e. The highest BCUT2D eigenvalue weighted by atomic mass is 16.5. The molecule has 1 heterocycles. The topological polar surface area (TPSA) is 41.9 Å². The summed E-state index contributed by atoms with van der Waals surface area (Å²) in [6, 6.07) is 20.2. The summed E-state index contributed by atoms with van der Waals surface area (Å²) in [7, 11) is 0. The van der Waals surface area contributed by atoms with Gasteiger partial charge in [0, 0.05) is 12.5 Å². The molecule has 2 aromatic carbocycles. The van der Waals surface area contributed by atoms with Gasteiger partial charge in [-0.2, -0.15) is 4.99 Å². The van der Waals surface area contributed by atoms with Crippen molar-refractivity contribution < 1.29 is 9.53 Å². The van der Waals surface area contributed by atoms with E-state index in [1.54, 1.807) is 0 Å². The number of nitrogens with zero attached hydrogens (tertiary/aromatic N) is 2. The van der Waals surface area contributed by atoms with Gasteiger partial charge in [-0.1, -0.05) is 67.6 Å². The number of rotatable bonds is 4. The largest absolute Gasteiger partial charge is 0.443 e. The van der Waals surface area contributed by atoms with Crippen LogP contribution in [0.25, 0.3) is 0 Å². The van der Waals surface area contributed by atoms with Gasteiger partial charge in [0.15, 0.2) is 0 Å². The summed E-state index contributed by atoms with van der Waals surface area (Å²) >= 11 is 0. The van der Waals surface area contributed by atoms with Crippen molar-refractivity contribution in [3.8, 4) is 0 Å². The van der Waals surface area contributed by atoms with Crippen LogP contribution in [0.5, 0.6) is 0 Å². The molecular formula is C22H26N2O2. The van der Waals surface area contributed by atoms with Gasteiger partial charge in [-0.3, -0.25) is 0 Å². The zero-order chi connectivity index (χ0) is 18.4. The van der Waals surface area contributed by atoms with E-state index in [1.165, 1.54) is 5.56 Å². The third-order valence-corrected chi connectivity index (χ3v) is 4.93. The normalized spacial score (nSPS) is 20.0. The average Bonchev–Trinajstić information content (AvgIpc) is 2.69. The van der Waals surface area contributed by atoms with Crippen molar-refractivity contribution in [3.63, 3.8) is 0 Å². The maximum absolute atomic E-state index is 12.3. The molecule has 1 saturated heterocycles. The smallest absolute Gasteiger partial charge is 0.435 e. The first-order valence-corrected chi connectivity index (χ1v) is 9.26. The van der Waals surface area contributed by atoms with Crippen LogP contribution in [0.4, 0.5) is 4.79 Å². The van der Waals surface area contributed by atoms with E-state index in [9.17, 15) is 4.79 Å². The van der Waals surface area contributed by atoms with Gasteiger partial charge >= 0.3 is 6.09 Å². The van der Waals surface area contributed by atoms with Crippen LogP contribution in [0.15, 0.2) is 65.7 Å². The van der Waals surface area contributed by atoms with Gasteiger partial charge in [-0.15, -0.1) is 0 Å². The van der Waals surface area contributed by atoms with Gasteiger partial charge < -0.3 is 9.64 Å². The van der Waals surface area contributed by atoms with Crippen molar-refractivity contribution in [2.75, 3.05) is 6.54 Å². The molecular weight excluding hydrogens is 324 g/mol. The Bertz CT molecular complexity index is 743. The predicted molar refractivity (Wildman–Crippen MR) is 104 cm³/mol. The minimum Gasteiger partial charge on any atom is -0.443 e. The summed E-state index contributed by atoms with van der Waals surface area (Å²) in [5.74, 6) is 1.09. The standard InChI is InChI=1S/C22H26N2O2/c1-17-10-9-15-24(18(2)20-13-7-4-8-14-20)21(17)23-22(25)26-16-19-11-5-3-6-12-19/h3-8,11-14,17-18H,9-10,15-16H2,1-2H3/b23-21+/t17?,18-/m0/s1. The van der Waals surface area contributed by atoms with Gasteiger partial charge in [0.1, 0.15) is 12.4 Å². The van der Waals surface area contributed by atoms with E-state index >= 15 is 0 Å². The van der Waals surface area contributed by atoms with Gasteiger partial charge in [0.2, 0.25) is 0 Å². The zero-order valence-corrected chi connectivity index (χ0v) is 15.5. The highest BCUT2D eigenvalue weighted by molar-refractivity contribution is 5.93. The number of ether oxygens (including phenoxy) is 1. The Morgan fingerprint density at radius 2 is 1.81 bits per heavy atom. The number of piperidine rings is 1. The molecule has 1 fully saturated rings. The SMILES string of the molecule is CC1CCCN([C@@H](C)c2ccccc2)/C1=N/C(=O)OCc1ccccc1. The Balaban J connectivity index is 1.73. The molecule has 1 unspecified atom stereocenters. The molecule has 3 rings (SSSR count). The van der Waals surface area contributed by atoms with Crippen molar-refractivity contribution in [2.45, 2.75) is 39.3 Å². The molecule has 136 valence electrons. The Hall–Kier alpha value is -2.62. The van der Waals surface area contributed by atoms with Crippen molar-refractivity contribution in [2.24, 2.45) is 10.9 Å². The Kier molecular flexibility index (Phi) is 6.05. The second-order valence-corrected chi connectivity index (χ2v) is 6.83. The minimum atomic E-state index is -0.511. The van der Waals surface area contributed by atoms with Gasteiger partial charge in [-0.05, 0) is 30.9 Å². The number of carbonyl (C=O) groups is 1.